The third kappa shape index (κ3) is 2.04. The monoisotopic (exact) mass is 235 g/mol. The van der Waals surface area contributed by atoms with Gasteiger partial charge >= 0.3 is 5.97 Å². The topological polar surface area (TPSA) is 59.4 Å². The molecule has 16 heavy (non-hydrogen) atoms. The van der Waals surface area contributed by atoms with Gasteiger partial charge in [-0.25, -0.2) is 9.78 Å². The highest BCUT2D eigenvalue weighted by Crippen LogP contribution is 2.28. The number of aromatic carboxylic acids is 1. The molecule has 0 bridgehead atoms. The summed E-state index contributed by atoms with van der Waals surface area (Å²) in [7, 11) is 0. The lowest BCUT2D eigenvalue weighted by Crippen LogP contribution is -2.00. The van der Waals surface area contributed by atoms with Crippen molar-refractivity contribution in [3.63, 3.8) is 0 Å². The van der Waals surface area contributed by atoms with Gasteiger partial charge in [-0.05, 0) is 19.1 Å². The summed E-state index contributed by atoms with van der Waals surface area (Å²) < 4.78 is 5.48. The lowest BCUT2D eigenvalue weighted by atomic mass is 10.1. The third-order valence-electron chi connectivity index (χ3n) is 2.12. The number of hydrogen-bond acceptors (Lipinski definition) is 4. The number of nitrogens with zero attached hydrogens (tertiary/aromatic N) is 1. The molecule has 1 aromatic carbocycles. The predicted molar refractivity (Wildman–Crippen MR) is 60.3 cm³/mol. The molecule has 4 nitrogen and oxygen atoms in total. The first-order valence-corrected chi connectivity index (χ1v) is 5.46. The van der Waals surface area contributed by atoms with Gasteiger partial charge in [-0.15, -0.1) is 0 Å². The van der Waals surface area contributed by atoms with E-state index in [2.05, 4.69) is 4.98 Å². The zero-order valence-corrected chi connectivity index (χ0v) is 9.32. The van der Waals surface area contributed by atoms with Gasteiger partial charge in [0.2, 0.25) is 0 Å². The molecule has 0 amide bonds. The highest BCUT2D eigenvalue weighted by atomic mass is 32.1. The Labute approximate surface area is 96.1 Å². The molecular weight excluding hydrogens is 226 g/mol. The molecule has 82 valence electrons. The van der Waals surface area contributed by atoms with E-state index in [1.165, 1.54) is 11.3 Å². The van der Waals surface area contributed by atoms with Gasteiger partial charge in [-0.1, -0.05) is 17.4 Å². The fourth-order valence-corrected chi connectivity index (χ4v) is 1.81. The molecule has 0 atom stereocenters. The van der Waals surface area contributed by atoms with Crippen LogP contribution < -0.4 is 4.74 Å². The van der Waals surface area contributed by atoms with Crippen molar-refractivity contribution in [1.82, 2.24) is 4.98 Å². The van der Waals surface area contributed by atoms with Gasteiger partial charge in [0.25, 0.3) is 5.19 Å². The predicted octanol–water partition coefficient (Wildman–Crippen LogP) is 2.94. The van der Waals surface area contributed by atoms with Gasteiger partial charge in [-0.2, -0.15) is 0 Å². The Bertz CT molecular complexity index is 508. The smallest absolute Gasteiger partial charge is 0.336 e. The molecule has 0 spiro atoms. The van der Waals surface area contributed by atoms with Crippen LogP contribution in [0.2, 0.25) is 0 Å². The largest absolute Gasteiger partial charge is 0.478 e. The van der Waals surface area contributed by atoms with E-state index in [0.29, 0.717) is 16.5 Å². The average molecular weight is 235 g/mol. The van der Waals surface area contributed by atoms with E-state index in [1.54, 1.807) is 36.7 Å². The first kappa shape index (κ1) is 10.6. The lowest BCUT2D eigenvalue weighted by molar-refractivity contribution is 0.0695. The van der Waals surface area contributed by atoms with Gasteiger partial charge in [-0.3, -0.25) is 0 Å². The van der Waals surface area contributed by atoms with Crippen molar-refractivity contribution in [3.05, 3.63) is 40.9 Å². The zero-order valence-electron chi connectivity index (χ0n) is 8.51. The van der Waals surface area contributed by atoms with E-state index in [-0.39, 0.29) is 5.56 Å². The van der Waals surface area contributed by atoms with Crippen LogP contribution in [0.5, 0.6) is 10.9 Å². The number of carbonyl (C=O) groups is 1. The second-order valence-electron chi connectivity index (χ2n) is 3.13. The number of aromatic nitrogens is 1. The zero-order chi connectivity index (χ0) is 11.5. The van der Waals surface area contributed by atoms with Crippen molar-refractivity contribution in [2.24, 2.45) is 0 Å². The first-order valence-electron chi connectivity index (χ1n) is 4.58. The maximum atomic E-state index is 10.9. The molecule has 0 unspecified atom stereocenters. The summed E-state index contributed by atoms with van der Waals surface area (Å²) in [6, 6.07) is 4.93. The number of thiazole rings is 1. The Balaban J connectivity index is 2.35. The van der Waals surface area contributed by atoms with Crippen LogP contribution in [0.1, 0.15) is 15.9 Å². The van der Waals surface area contributed by atoms with Crippen molar-refractivity contribution in [2.45, 2.75) is 6.92 Å². The second-order valence-corrected chi connectivity index (χ2v) is 3.99. The quantitative estimate of drug-likeness (QED) is 0.888. The summed E-state index contributed by atoms with van der Waals surface area (Å²) in [5.74, 6) is -0.433. The normalized spacial score (nSPS) is 10.1. The highest BCUT2D eigenvalue weighted by molar-refractivity contribution is 7.11. The fraction of sp³-hybridized carbons (Fsp3) is 0.0909. The van der Waals surface area contributed by atoms with Crippen molar-refractivity contribution in [2.75, 3.05) is 0 Å². The molecule has 1 heterocycles. The number of carboxylic acids is 1. The van der Waals surface area contributed by atoms with Crippen molar-refractivity contribution >= 4 is 17.3 Å². The minimum atomic E-state index is -0.956. The van der Waals surface area contributed by atoms with Gasteiger partial charge in [0.05, 0.1) is 5.56 Å². The van der Waals surface area contributed by atoms with Crippen LogP contribution in [0.3, 0.4) is 0 Å². The molecule has 5 heteroatoms. The van der Waals surface area contributed by atoms with Crippen LogP contribution in [0.15, 0.2) is 29.8 Å². The molecule has 0 aliphatic rings. The maximum Gasteiger partial charge on any atom is 0.336 e. The summed E-state index contributed by atoms with van der Waals surface area (Å²) in [5.41, 5.74) is 0.847. The first-order chi connectivity index (χ1) is 7.68. The van der Waals surface area contributed by atoms with Crippen molar-refractivity contribution < 1.29 is 14.6 Å². The van der Waals surface area contributed by atoms with Crippen LogP contribution in [-0.2, 0) is 0 Å². The van der Waals surface area contributed by atoms with Gasteiger partial charge < -0.3 is 9.84 Å². The van der Waals surface area contributed by atoms with E-state index in [9.17, 15) is 4.79 Å². The van der Waals surface area contributed by atoms with Crippen molar-refractivity contribution in [3.8, 4) is 10.9 Å². The minimum Gasteiger partial charge on any atom is -0.478 e. The van der Waals surface area contributed by atoms with E-state index < -0.39 is 5.97 Å². The summed E-state index contributed by atoms with van der Waals surface area (Å²) in [6.07, 6.45) is 1.64. The standard InChI is InChI=1S/C11H9NO3S/c1-7-8(10(13)14)3-2-4-9(7)15-11-12-5-6-16-11/h2-6H,1H3,(H,13,14). The molecule has 0 saturated carbocycles. The summed E-state index contributed by atoms with van der Waals surface area (Å²) in [4.78, 5) is 14.9. The van der Waals surface area contributed by atoms with E-state index in [1.807, 2.05) is 0 Å². The van der Waals surface area contributed by atoms with Gasteiger partial charge in [0, 0.05) is 17.1 Å². The fourth-order valence-electron chi connectivity index (χ4n) is 1.31. The van der Waals surface area contributed by atoms with Crippen LogP contribution in [0.4, 0.5) is 0 Å². The summed E-state index contributed by atoms with van der Waals surface area (Å²) >= 11 is 1.36. The van der Waals surface area contributed by atoms with E-state index >= 15 is 0 Å². The number of hydrogen-bond donors (Lipinski definition) is 1. The molecule has 0 fully saturated rings. The number of ether oxygens (including phenoxy) is 1. The second kappa shape index (κ2) is 4.32. The molecule has 1 aromatic heterocycles. The Morgan fingerprint density at radius 1 is 1.50 bits per heavy atom. The van der Waals surface area contributed by atoms with Crippen LogP contribution in [0, 0.1) is 6.92 Å². The van der Waals surface area contributed by atoms with Crippen LogP contribution in [0.25, 0.3) is 0 Å². The van der Waals surface area contributed by atoms with Crippen LogP contribution in [-0.4, -0.2) is 16.1 Å². The molecule has 0 aliphatic carbocycles. The molecule has 2 rings (SSSR count). The Hall–Kier alpha value is -1.88. The van der Waals surface area contributed by atoms with Gasteiger partial charge in [0.1, 0.15) is 5.75 Å². The van der Waals surface area contributed by atoms with E-state index in [0.717, 1.165) is 0 Å². The molecule has 1 N–H and O–H groups in total. The Morgan fingerprint density at radius 2 is 2.31 bits per heavy atom. The molecule has 0 aliphatic heterocycles. The summed E-state index contributed by atoms with van der Waals surface area (Å²) in [5, 5.41) is 11.3. The molecule has 0 saturated heterocycles. The Morgan fingerprint density at radius 3 is 2.94 bits per heavy atom. The molecule has 2 aromatic rings. The summed E-state index contributed by atoms with van der Waals surface area (Å²) in [6.45, 7) is 1.71. The number of rotatable bonds is 3. The lowest BCUT2D eigenvalue weighted by Gasteiger charge is -2.07. The van der Waals surface area contributed by atoms with Crippen molar-refractivity contribution in [1.29, 1.82) is 0 Å². The van der Waals surface area contributed by atoms with E-state index in [4.69, 9.17) is 9.84 Å². The SMILES string of the molecule is Cc1c(Oc2nccs2)cccc1C(=O)O. The minimum absolute atomic E-state index is 0.244. The van der Waals surface area contributed by atoms with Crippen LogP contribution >= 0.6 is 11.3 Å². The van der Waals surface area contributed by atoms with Gasteiger partial charge in [0.15, 0.2) is 0 Å². The average Bonchev–Trinajstić information content (AvgIpc) is 2.73. The number of carboxylic acid groups (broad SMARTS) is 1. The Kier molecular flexibility index (Phi) is 2.87. The molecule has 0 radical (unpaired) electrons. The highest BCUT2D eigenvalue weighted by Gasteiger charge is 2.11. The maximum absolute atomic E-state index is 10.9. The number of benzene rings is 1. The third-order valence-corrected chi connectivity index (χ3v) is 2.77. The molecular formula is C11H9NO3S.